The molecule has 1 aromatic carbocycles. The highest BCUT2D eigenvalue weighted by Crippen LogP contribution is 2.35. The van der Waals surface area contributed by atoms with Gasteiger partial charge in [-0.25, -0.2) is 0 Å². The molecule has 1 aromatic rings. The van der Waals surface area contributed by atoms with Gasteiger partial charge in [-0.15, -0.1) is 0 Å². The van der Waals surface area contributed by atoms with Crippen LogP contribution in [-0.4, -0.2) is 39.3 Å². The number of halogens is 1. The summed E-state index contributed by atoms with van der Waals surface area (Å²) < 4.78 is 5.47. The molecule has 1 fully saturated rings. The molecule has 5 heteroatoms. The van der Waals surface area contributed by atoms with Crippen molar-refractivity contribution in [1.82, 2.24) is 10.6 Å². The summed E-state index contributed by atoms with van der Waals surface area (Å²) in [5, 5.41) is 6.60. The van der Waals surface area contributed by atoms with Crippen molar-refractivity contribution in [2.45, 2.75) is 18.3 Å². The Morgan fingerprint density at radius 1 is 1.40 bits per heavy atom. The maximum Gasteiger partial charge on any atom is 0.233 e. The summed E-state index contributed by atoms with van der Waals surface area (Å²) in [4.78, 5) is 11.7. The van der Waals surface area contributed by atoms with Crippen molar-refractivity contribution in [3.63, 3.8) is 0 Å². The molecule has 0 radical (unpaired) electrons. The second-order valence-corrected chi connectivity index (χ2v) is 5.65. The Labute approximate surface area is 124 Å². The number of rotatable bonds is 5. The minimum Gasteiger partial charge on any atom is -0.381 e. The van der Waals surface area contributed by atoms with E-state index in [1.54, 1.807) is 7.05 Å². The van der Waals surface area contributed by atoms with Crippen LogP contribution >= 0.6 is 11.6 Å². The fourth-order valence-corrected chi connectivity index (χ4v) is 2.83. The van der Waals surface area contributed by atoms with Crippen LogP contribution in [0.2, 0.25) is 5.02 Å². The van der Waals surface area contributed by atoms with Crippen LogP contribution in [0.3, 0.4) is 0 Å². The highest BCUT2D eigenvalue weighted by atomic mass is 35.5. The van der Waals surface area contributed by atoms with Crippen molar-refractivity contribution in [1.29, 1.82) is 0 Å². The number of carbonyl (C=O) groups excluding carboxylic acids is 1. The molecular formula is C15H21ClN2O2. The number of benzene rings is 1. The summed E-state index contributed by atoms with van der Waals surface area (Å²) in [5.74, 6) is 0.0143. The average molecular weight is 297 g/mol. The zero-order chi connectivity index (χ0) is 14.4. The first-order chi connectivity index (χ1) is 9.66. The molecule has 0 unspecified atom stereocenters. The Hall–Kier alpha value is -1.10. The lowest BCUT2D eigenvalue weighted by Crippen LogP contribution is -2.46. The predicted octanol–water partition coefficient (Wildman–Crippen LogP) is 1.72. The van der Waals surface area contributed by atoms with Crippen molar-refractivity contribution in [3.05, 3.63) is 34.9 Å². The number of ether oxygens (including phenoxy) is 1. The van der Waals surface area contributed by atoms with Crippen LogP contribution in [0.25, 0.3) is 0 Å². The van der Waals surface area contributed by atoms with Crippen LogP contribution in [0.15, 0.2) is 24.3 Å². The number of carbonyl (C=O) groups is 1. The summed E-state index contributed by atoms with van der Waals surface area (Å²) in [6.07, 6.45) is 1.79. The number of amides is 1. The van der Waals surface area contributed by atoms with E-state index in [4.69, 9.17) is 16.3 Å². The van der Waals surface area contributed by atoms with Crippen LogP contribution in [0.4, 0.5) is 0 Å². The molecular weight excluding hydrogens is 276 g/mol. The van der Waals surface area contributed by atoms with E-state index in [2.05, 4.69) is 16.7 Å². The largest absolute Gasteiger partial charge is 0.381 e. The van der Waals surface area contributed by atoms with Gasteiger partial charge >= 0.3 is 0 Å². The first-order valence-corrected chi connectivity index (χ1v) is 7.29. The van der Waals surface area contributed by atoms with Gasteiger partial charge in [0.1, 0.15) is 0 Å². The lowest BCUT2D eigenvalue weighted by Gasteiger charge is -2.38. The van der Waals surface area contributed by atoms with E-state index in [-0.39, 0.29) is 11.3 Å². The number of likely N-dealkylation sites (N-methyl/N-ethyl adjacent to an activating group) is 1. The first kappa shape index (κ1) is 15.3. The summed E-state index contributed by atoms with van der Waals surface area (Å²) in [6.45, 7) is 2.39. The fraction of sp³-hybridized carbons (Fsp3) is 0.533. The molecule has 0 bridgehead atoms. The molecule has 0 aliphatic carbocycles. The summed E-state index contributed by atoms with van der Waals surface area (Å²) >= 11 is 6.11. The van der Waals surface area contributed by atoms with Gasteiger partial charge in [0.15, 0.2) is 0 Å². The van der Waals surface area contributed by atoms with Gasteiger partial charge in [-0.05, 0) is 37.6 Å². The molecule has 2 rings (SSSR count). The maximum absolute atomic E-state index is 11.7. The van der Waals surface area contributed by atoms with E-state index in [9.17, 15) is 4.79 Å². The second-order valence-electron chi connectivity index (χ2n) is 5.21. The third kappa shape index (κ3) is 3.72. The topological polar surface area (TPSA) is 50.4 Å². The molecule has 1 saturated heterocycles. The normalized spacial score (nSPS) is 17.7. The van der Waals surface area contributed by atoms with Crippen molar-refractivity contribution in [2.75, 3.05) is 33.4 Å². The minimum atomic E-state index is -0.0768. The van der Waals surface area contributed by atoms with Crippen molar-refractivity contribution >= 4 is 17.5 Å². The molecule has 1 aliphatic heterocycles. The number of nitrogens with one attached hydrogen (secondary N) is 2. The van der Waals surface area contributed by atoms with E-state index in [0.717, 1.165) is 17.9 Å². The zero-order valence-corrected chi connectivity index (χ0v) is 12.5. The monoisotopic (exact) mass is 296 g/mol. The van der Waals surface area contributed by atoms with Crippen LogP contribution in [0, 0.1) is 0 Å². The Morgan fingerprint density at radius 2 is 2.15 bits per heavy atom. The predicted molar refractivity (Wildman–Crippen MR) is 80.1 cm³/mol. The highest BCUT2D eigenvalue weighted by molar-refractivity contribution is 6.30. The summed E-state index contributed by atoms with van der Waals surface area (Å²) in [6, 6.07) is 7.92. The van der Waals surface area contributed by atoms with Gasteiger partial charge in [0, 0.05) is 30.2 Å². The fourth-order valence-electron chi connectivity index (χ4n) is 2.64. The summed E-state index contributed by atoms with van der Waals surface area (Å²) in [7, 11) is 1.76. The molecule has 20 heavy (non-hydrogen) atoms. The van der Waals surface area contributed by atoms with Gasteiger partial charge in [-0.3, -0.25) is 4.79 Å². The Kier molecular flexibility index (Phi) is 5.40. The molecule has 110 valence electrons. The Bertz CT molecular complexity index is 459. The van der Waals surface area contributed by atoms with Gasteiger partial charge in [0.05, 0.1) is 6.54 Å². The van der Waals surface area contributed by atoms with Gasteiger partial charge in [-0.2, -0.15) is 0 Å². The summed E-state index contributed by atoms with van der Waals surface area (Å²) in [5.41, 5.74) is 1.10. The van der Waals surface area contributed by atoms with E-state index in [1.165, 1.54) is 5.56 Å². The molecule has 4 nitrogen and oxygen atoms in total. The maximum atomic E-state index is 11.7. The quantitative estimate of drug-likeness (QED) is 0.870. The first-order valence-electron chi connectivity index (χ1n) is 6.91. The smallest absolute Gasteiger partial charge is 0.233 e. The Balaban J connectivity index is 2.15. The molecule has 0 atom stereocenters. The standard InChI is InChI=1S/C15H21ClN2O2/c1-17-10-14(19)18-11-15(5-7-20-8-6-15)12-3-2-4-13(16)9-12/h2-4,9,17H,5-8,10-11H2,1H3,(H,18,19). The molecule has 1 amide bonds. The second kappa shape index (κ2) is 7.07. The van der Waals surface area contributed by atoms with E-state index < -0.39 is 0 Å². The number of hydrogen-bond acceptors (Lipinski definition) is 3. The van der Waals surface area contributed by atoms with E-state index in [1.807, 2.05) is 18.2 Å². The van der Waals surface area contributed by atoms with E-state index in [0.29, 0.717) is 26.3 Å². The molecule has 2 N–H and O–H groups in total. The van der Waals surface area contributed by atoms with Crippen molar-refractivity contribution in [3.8, 4) is 0 Å². The molecule has 0 aromatic heterocycles. The van der Waals surface area contributed by atoms with Crippen LogP contribution in [-0.2, 0) is 14.9 Å². The third-order valence-electron chi connectivity index (χ3n) is 3.85. The van der Waals surface area contributed by atoms with Gasteiger partial charge in [-0.1, -0.05) is 23.7 Å². The van der Waals surface area contributed by atoms with Crippen LogP contribution in [0.5, 0.6) is 0 Å². The van der Waals surface area contributed by atoms with Crippen molar-refractivity contribution in [2.24, 2.45) is 0 Å². The van der Waals surface area contributed by atoms with E-state index >= 15 is 0 Å². The zero-order valence-electron chi connectivity index (χ0n) is 11.7. The highest BCUT2D eigenvalue weighted by Gasteiger charge is 2.34. The molecule has 1 heterocycles. The van der Waals surface area contributed by atoms with Gasteiger partial charge < -0.3 is 15.4 Å². The molecule has 0 saturated carbocycles. The van der Waals surface area contributed by atoms with Crippen LogP contribution in [0.1, 0.15) is 18.4 Å². The minimum absolute atomic E-state index is 0.0143. The Morgan fingerprint density at radius 3 is 2.80 bits per heavy atom. The average Bonchev–Trinajstić information content (AvgIpc) is 2.46. The number of hydrogen-bond donors (Lipinski definition) is 2. The lowest BCUT2D eigenvalue weighted by molar-refractivity contribution is -0.120. The van der Waals surface area contributed by atoms with Crippen LogP contribution < -0.4 is 10.6 Å². The van der Waals surface area contributed by atoms with Gasteiger partial charge in [0.25, 0.3) is 0 Å². The third-order valence-corrected chi connectivity index (χ3v) is 4.08. The molecule has 0 spiro atoms. The SMILES string of the molecule is CNCC(=O)NCC1(c2cccc(Cl)c2)CCOCC1. The van der Waals surface area contributed by atoms with Crippen molar-refractivity contribution < 1.29 is 9.53 Å². The molecule has 1 aliphatic rings. The van der Waals surface area contributed by atoms with Gasteiger partial charge in [0.2, 0.25) is 5.91 Å². The lowest BCUT2D eigenvalue weighted by atomic mass is 9.74.